The van der Waals surface area contributed by atoms with Crippen molar-refractivity contribution in [1.29, 1.82) is 0 Å². The fraction of sp³-hybridized carbons (Fsp3) is 0.706. The van der Waals surface area contributed by atoms with Crippen molar-refractivity contribution in [3.63, 3.8) is 0 Å². The molecule has 0 fully saturated rings. The third-order valence-electron chi connectivity index (χ3n) is 9.74. The highest BCUT2D eigenvalue weighted by molar-refractivity contribution is 5.71. The van der Waals surface area contributed by atoms with E-state index in [2.05, 4.69) is 81.5 Å². The monoisotopic (exact) mass is 795 g/mol. The van der Waals surface area contributed by atoms with Crippen molar-refractivity contribution in [2.75, 3.05) is 13.2 Å². The van der Waals surface area contributed by atoms with Crippen LogP contribution in [-0.2, 0) is 28.6 Å². The van der Waals surface area contributed by atoms with E-state index in [0.717, 1.165) is 89.9 Å². The van der Waals surface area contributed by atoms with Gasteiger partial charge in [0, 0.05) is 19.3 Å². The summed E-state index contributed by atoms with van der Waals surface area (Å²) < 4.78 is 16.5. The first kappa shape index (κ1) is 53.9. The second-order valence-electron chi connectivity index (χ2n) is 15.3. The molecule has 0 amide bonds. The molecule has 1 atom stereocenters. The minimum Gasteiger partial charge on any atom is -0.462 e. The maximum Gasteiger partial charge on any atom is 0.306 e. The summed E-state index contributed by atoms with van der Waals surface area (Å²) >= 11 is 0. The van der Waals surface area contributed by atoms with E-state index in [0.29, 0.717) is 19.3 Å². The molecule has 0 aromatic carbocycles. The summed E-state index contributed by atoms with van der Waals surface area (Å²) in [6, 6.07) is 0. The molecule has 0 aromatic rings. The molecule has 0 saturated carbocycles. The maximum atomic E-state index is 12.7. The lowest BCUT2D eigenvalue weighted by Gasteiger charge is -2.18. The molecular weight excluding hydrogens is 709 g/mol. The zero-order valence-corrected chi connectivity index (χ0v) is 37.1. The average Bonchev–Trinajstić information content (AvgIpc) is 3.21. The van der Waals surface area contributed by atoms with Gasteiger partial charge in [-0.15, -0.1) is 0 Å². The molecule has 0 aliphatic rings. The Balaban J connectivity index is 4.33. The highest BCUT2D eigenvalue weighted by Gasteiger charge is 2.19. The Morgan fingerprint density at radius 1 is 0.368 bits per heavy atom. The highest BCUT2D eigenvalue weighted by atomic mass is 16.6. The lowest BCUT2D eigenvalue weighted by atomic mass is 10.0. The Hall–Kier alpha value is -3.15. The minimum atomic E-state index is -0.798. The van der Waals surface area contributed by atoms with Crippen LogP contribution in [0.1, 0.15) is 213 Å². The van der Waals surface area contributed by atoms with Crippen molar-refractivity contribution in [3.8, 4) is 0 Å². The Bertz CT molecular complexity index is 1100. The molecule has 57 heavy (non-hydrogen) atoms. The molecule has 0 bridgehead atoms. The van der Waals surface area contributed by atoms with Gasteiger partial charge in [-0.1, -0.05) is 209 Å². The van der Waals surface area contributed by atoms with Crippen molar-refractivity contribution in [2.24, 2.45) is 0 Å². The first-order valence-corrected chi connectivity index (χ1v) is 23.4. The first-order valence-electron chi connectivity index (χ1n) is 23.4. The van der Waals surface area contributed by atoms with Gasteiger partial charge in [0.15, 0.2) is 6.10 Å². The van der Waals surface area contributed by atoms with Gasteiger partial charge in [0.1, 0.15) is 13.2 Å². The van der Waals surface area contributed by atoms with Gasteiger partial charge in [-0.3, -0.25) is 14.4 Å². The number of unbranched alkanes of at least 4 members (excludes halogenated alkanes) is 18. The lowest BCUT2D eigenvalue weighted by Crippen LogP contribution is -2.30. The number of carbonyl (C=O) groups is 3. The number of allylic oxidation sites excluding steroid dienone is 12. The predicted molar refractivity (Wildman–Crippen MR) is 242 cm³/mol. The van der Waals surface area contributed by atoms with Crippen LogP contribution >= 0.6 is 0 Å². The molecule has 0 heterocycles. The molecule has 0 radical (unpaired) electrons. The van der Waals surface area contributed by atoms with Crippen LogP contribution in [0, 0.1) is 0 Å². The van der Waals surface area contributed by atoms with E-state index in [-0.39, 0.29) is 37.5 Å². The quantitative estimate of drug-likeness (QED) is 0.0265. The maximum absolute atomic E-state index is 12.7. The molecule has 0 spiro atoms. The topological polar surface area (TPSA) is 78.9 Å². The zero-order chi connectivity index (χ0) is 41.5. The van der Waals surface area contributed by atoms with Gasteiger partial charge < -0.3 is 14.2 Å². The highest BCUT2D eigenvalue weighted by Crippen LogP contribution is 2.14. The van der Waals surface area contributed by atoms with Crippen molar-refractivity contribution >= 4 is 17.9 Å². The Morgan fingerprint density at radius 3 is 1.07 bits per heavy atom. The van der Waals surface area contributed by atoms with Crippen LogP contribution < -0.4 is 0 Å². The third-order valence-corrected chi connectivity index (χ3v) is 9.74. The summed E-state index contributed by atoms with van der Waals surface area (Å²) in [5, 5.41) is 0. The predicted octanol–water partition coefficient (Wildman–Crippen LogP) is 15.1. The zero-order valence-electron chi connectivity index (χ0n) is 37.1. The summed E-state index contributed by atoms with van der Waals surface area (Å²) in [6.07, 6.45) is 56.4. The van der Waals surface area contributed by atoms with Gasteiger partial charge in [0.05, 0.1) is 0 Å². The van der Waals surface area contributed by atoms with Crippen LogP contribution in [0.4, 0.5) is 0 Å². The van der Waals surface area contributed by atoms with Gasteiger partial charge in [0.25, 0.3) is 0 Å². The fourth-order valence-corrected chi connectivity index (χ4v) is 6.23. The molecule has 0 aromatic heterocycles. The molecule has 0 N–H and O–H groups in total. The van der Waals surface area contributed by atoms with Crippen LogP contribution in [0.25, 0.3) is 0 Å². The van der Waals surface area contributed by atoms with Gasteiger partial charge in [0.2, 0.25) is 0 Å². The fourth-order valence-electron chi connectivity index (χ4n) is 6.23. The molecule has 6 nitrogen and oxygen atoms in total. The van der Waals surface area contributed by atoms with E-state index in [9.17, 15) is 14.4 Å². The van der Waals surface area contributed by atoms with Crippen LogP contribution in [0.15, 0.2) is 72.9 Å². The Morgan fingerprint density at radius 2 is 0.684 bits per heavy atom. The number of rotatable bonds is 41. The summed E-state index contributed by atoms with van der Waals surface area (Å²) in [7, 11) is 0. The SMILES string of the molecule is CC/C=C\C/C=C\C/C=C\C/C=C\C/C=C\C/C=C\CCC(=O)OCC(COC(=O)CCCCCCC)OC(=O)CCCCCCCCCCCCCCCCC. The van der Waals surface area contributed by atoms with Gasteiger partial charge >= 0.3 is 17.9 Å². The van der Waals surface area contributed by atoms with E-state index in [1.807, 2.05) is 12.2 Å². The second kappa shape index (κ2) is 45.6. The summed E-state index contributed by atoms with van der Waals surface area (Å²) in [5.74, 6) is -1.00. The summed E-state index contributed by atoms with van der Waals surface area (Å²) in [4.78, 5) is 37.5. The van der Waals surface area contributed by atoms with Gasteiger partial charge in [-0.25, -0.2) is 0 Å². The van der Waals surface area contributed by atoms with E-state index < -0.39 is 6.10 Å². The number of esters is 3. The summed E-state index contributed by atoms with van der Waals surface area (Å²) in [5.41, 5.74) is 0. The van der Waals surface area contributed by atoms with Crippen molar-refractivity contribution < 1.29 is 28.6 Å². The smallest absolute Gasteiger partial charge is 0.306 e. The van der Waals surface area contributed by atoms with E-state index >= 15 is 0 Å². The molecule has 6 heteroatoms. The molecule has 0 saturated heterocycles. The normalized spacial score (nSPS) is 12.7. The standard InChI is InChI=1S/C51H86O6/c1-4-7-10-13-15-17-19-21-23-24-25-26-28-29-31-33-35-38-41-44-50(53)56-47-48(46-55-49(52)43-40-37-12-9-6-3)57-51(54)45-42-39-36-34-32-30-27-22-20-18-16-14-11-8-5-2/h7,10,15,17,21,23,25-26,29,31,35,38,48H,4-6,8-9,11-14,16,18-20,22,24,27-28,30,32-34,36-37,39-47H2,1-3H3/b10-7-,17-15-,23-21-,26-25-,31-29-,38-35-. The number of hydrogen-bond donors (Lipinski definition) is 0. The van der Waals surface area contributed by atoms with Crippen molar-refractivity contribution in [2.45, 2.75) is 219 Å². The molecule has 0 aliphatic heterocycles. The van der Waals surface area contributed by atoms with Crippen molar-refractivity contribution in [1.82, 2.24) is 0 Å². The molecule has 0 rings (SSSR count). The van der Waals surface area contributed by atoms with E-state index in [1.54, 1.807) is 0 Å². The van der Waals surface area contributed by atoms with Crippen LogP contribution in [0.2, 0.25) is 0 Å². The molecule has 0 aliphatic carbocycles. The lowest BCUT2D eigenvalue weighted by molar-refractivity contribution is -0.166. The van der Waals surface area contributed by atoms with Gasteiger partial charge in [-0.05, 0) is 57.8 Å². The van der Waals surface area contributed by atoms with Crippen LogP contribution in [0.3, 0.4) is 0 Å². The third kappa shape index (κ3) is 43.8. The van der Waals surface area contributed by atoms with Gasteiger partial charge in [-0.2, -0.15) is 0 Å². The number of ether oxygens (including phenoxy) is 3. The number of hydrogen-bond acceptors (Lipinski definition) is 6. The molecule has 326 valence electrons. The van der Waals surface area contributed by atoms with Crippen LogP contribution in [-0.4, -0.2) is 37.2 Å². The number of carbonyl (C=O) groups excluding carboxylic acids is 3. The summed E-state index contributed by atoms with van der Waals surface area (Å²) in [6.45, 7) is 6.36. The van der Waals surface area contributed by atoms with E-state index in [1.165, 1.54) is 77.0 Å². The first-order chi connectivity index (χ1) is 28.0. The van der Waals surface area contributed by atoms with Crippen molar-refractivity contribution in [3.05, 3.63) is 72.9 Å². The Labute approximate surface area is 351 Å². The Kier molecular flexibility index (Phi) is 43.0. The molecular formula is C51H86O6. The van der Waals surface area contributed by atoms with Crippen LogP contribution in [0.5, 0.6) is 0 Å². The average molecular weight is 795 g/mol. The second-order valence-corrected chi connectivity index (χ2v) is 15.3. The molecule has 1 unspecified atom stereocenters. The minimum absolute atomic E-state index is 0.0984. The van der Waals surface area contributed by atoms with E-state index in [4.69, 9.17) is 14.2 Å². The largest absolute Gasteiger partial charge is 0.462 e.